The van der Waals surface area contributed by atoms with Gasteiger partial charge in [-0.3, -0.25) is 4.79 Å². The maximum absolute atomic E-state index is 12.4. The van der Waals surface area contributed by atoms with E-state index in [-0.39, 0.29) is 11.8 Å². The normalized spacial score (nSPS) is 12.8. The van der Waals surface area contributed by atoms with Crippen LogP contribution in [0.15, 0.2) is 67.3 Å². The van der Waals surface area contributed by atoms with Crippen LogP contribution in [0, 0.1) is 0 Å². The molecule has 1 heterocycles. The van der Waals surface area contributed by atoms with Crippen molar-refractivity contribution in [2.45, 2.75) is 32.3 Å². The van der Waals surface area contributed by atoms with Gasteiger partial charge in [-0.25, -0.2) is 14.5 Å². The van der Waals surface area contributed by atoms with Gasteiger partial charge in [0.2, 0.25) is 0 Å². The number of aromatic nitrogens is 3. The zero-order valence-electron chi connectivity index (χ0n) is 16.5. The second-order valence-corrected chi connectivity index (χ2v) is 6.70. The number of ether oxygens (including phenoxy) is 1. The van der Waals surface area contributed by atoms with Crippen molar-refractivity contribution in [3.8, 4) is 5.69 Å². The lowest BCUT2D eigenvalue weighted by molar-refractivity contribution is -0.129. The third kappa shape index (κ3) is 5.28. The molecule has 0 aliphatic rings. The van der Waals surface area contributed by atoms with Crippen LogP contribution in [-0.4, -0.2) is 39.3 Å². The second-order valence-electron chi connectivity index (χ2n) is 6.70. The van der Waals surface area contributed by atoms with Gasteiger partial charge in [-0.2, -0.15) is 5.10 Å². The fourth-order valence-electron chi connectivity index (χ4n) is 2.96. The largest absolute Gasteiger partial charge is 0.449 e. The Labute approximate surface area is 169 Å². The van der Waals surface area contributed by atoms with Gasteiger partial charge in [0.25, 0.3) is 5.91 Å². The average molecular weight is 392 g/mol. The van der Waals surface area contributed by atoms with E-state index in [1.165, 1.54) is 11.9 Å². The van der Waals surface area contributed by atoms with Crippen molar-refractivity contribution in [2.75, 3.05) is 6.54 Å². The van der Waals surface area contributed by atoms with E-state index in [9.17, 15) is 9.59 Å². The lowest BCUT2D eigenvalue weighted by atomic mass is 9.96. The Morgan fingerprint density at radius 2 is 1.83 bits per heavy atom. The molecule has 150 valence electrons. The molecule has 1 N–H and O–H groups in total. The Kier molecular flexibility index (Phi) is 6.73. The molecule has 0 aliphatic heterocycles. The summed E-state index contributed by atoms with van der Waals surface area (Å²) in [4.78, 5) is 28.6. The number of hydrogen-bond donors (Lipinski definition) is 1. The number of rotatable bonds is 8. The third-order valence-electron chi connectivity index (χ3n) is 4.73. The molecule has 0 spiro atoms. The highest BCUT2D eigenvalue weighted by Gasteiger charge is 2.20. The number of esters is 1. The highest BCUT2D eigenvalue weighted by molar-refractivity contribution is 5.92. The Balaban J connectivity index is 1.53. The summed E-state index contributed by atoms with van der Waals surface area (Å²) in [5.41, 5.74) is 2.31. The minimum absolute atomic E-state index is 0.215. The molecule has 0 bridgehead atoms. The zero-order chi connectivity index (χ0) is 20.6. The van der Waals surface area contributed by atoms with E-state index in [0.29, 0.717) is 12.1 Å². The van der Waals surface area contributed by atoms with Crippen molar-refractivity contribution in [3.63, 3.8) is 0 Å². The highest BCUT2D eigenvalue weighted by atomic mass is 16.5. The topological polar surface area (TPSA) is 86.1 Å². The minimum atomic E-state index is -0.884. The molecule has 0 saturated heterocycles. The number of carbonyl (C=O) groups excluding carboxylic acids is 2. The first-order chi connectivity index (χ1) is 14.1. The number of hydrogen-bond acceptors (Lipinski definition) is 5. The van der Waals surface area contributed by atoms with Crippen LogP contribution in [-0.2, 0) is 9.53 Å². The fourth-order valence-corrected chi connectivity index (χ4v) is 2.96. The van der Waals surface area contributed by atoms with Crippen LogP contribution in [0.2, 0.25) is 0 Å². The Hall–Kier alpha value is -3.48. The van der Waals surface area contributed by atoms with Gasteiger partial charge in [0.15, 0.2) is 6.10 Å². The van der Waals surface area contributed by atoms with E-state index in [1.807, 2.05) is 30.3 Å². The molecule has 3 rings (SSSR count). The van der Waals surface area contributed by atoms with Gasteiger partial charge in [0.1, 0.15) is 12.7 Å². The predicted molar refractivity (Wildman–Crippen MR) is 109 cm³/mol. The summed E-state index contributed by atoms with van der Waals surface area (Å²) in [6.07, 6.45) is 3.02. The lowest BCUT2D eigenvalue weighted by Crippen LogP contribution is -2.38. The first kappa shape index (κ1) is 20.3. The summed E-state index contributed by atoms with van der Waals surface area (Å²) in [6.45, 7) is 4.14. The molecule has 0 unspecified atom stereocenters. The van der Waals surface area contributed by atoms with E-state index >= 15 is 0 Å². The summed E-state index contributed by atoms with van der Waals surface area (Å²) in [7, 11) is 0. The first-order valence-electron chi connectivity index (χ1n) is 9.57. The number of carbonyl (C=O) groups is 2. The monoisotopic (exact) mass is 392 g/mol. The molecule has 3 aromatic rings. The summed E-state index contributed by atoms with van der Waals surface area (Å²) in [5, 5.41) is 6.91. The van der Waals surface area contributed by atoms with E-state index in [1.54, 1.807) is 42.2 Å². The summed E-state index contributed by atoms with van der Waals surface area (Å²) >= 11 is 0. The number of nitrogens with zero attached hydrogens (tertiary/aromatic N) is 3. The molecule has 7 heteroatoms. The van der Waals surface area contributed by atoms with Crippen LogP contribution in [0.25, 0.3) is 5.69 Å². The molecule has 0 fully saturated rings. The summed E-state index contributed by atoms with van der Waals surface area (Å²) < 4.78 is 6.90. The van der Waals surface area contributed by atoms with Gasteiger partial charge in [-0.15, -0.1) is 0 Å². The molecular formula is C22H24N4O3. The van der Waals surface area contributed by atoms with Crippen molar-refractivity contribution in [1.82, 2.24) is 20.1 Å². The van der Waals surface area contributed by atoms with Crippen molar-refractivity contribution < 1.29 is 14.3 Å². The van der Waals surface area contributed by atoms with E-state index < -0.39 is 12.1 Å². The molecule has 2 aromatic carbocycles. The number of benzene rings is 2. The molecule has 0 saturated carbocycles. The second kappa shape index (κ2) is 9.64. The maximum Gasteiger partial charge on any atom is 0.338 e. The van der Waals surface area contributed by atoms with Crippen molar-refractivity contribution >= 4 is 11.9 Å². The average Bonchev–Trinajstić information content (AvgIpc) is 3.30. The molecular weight excluding hydrogens is 368 g/mol. The third-order valence-corrected chi connectivity index (χ3v) is 4.73. The van der Waals surface area contributed by atoms with Crippen LogP contribution in [0.4, 0.5) is 0 Å². The smallest absolute Gasteiger partial charge is 0.338 e. The van der Waals surface area contributed by atoms with Gasteiger partial charge >= 0.3 is 5.97 Å². The maximum atomic E-state index is 12.4. The van der Waals surface area contributed by atoms with Crippen LogP contribution >= 0.6 is 0 Å². The molecule has 0 radical (unpaired) electrons. The first-order valence-corrected chi connectivity index (χ1v) is 9.57. The number of amides is 1. The summed E-state index contributed by atoms with van der Waals surface area (Å²) in [5.74, 6) is -0.646. The predicted octanol–water partition coefficient (Wildman–Crippen LogP) is 3.12. The standard InChI is InChI=1S/C22H24N4O3/c1-3-17(18-7-5-4-6-8-18)13-24-21(27)16(2)29-22(28)19-9-11-20(12-10-19)26-15-23-14-25-26/h4-12,14-17H,3,13H2,1-2H3,(H,24,27)/t16-,17+/m0/s1. The number of nitrogens with one attached hydrogen (secondary N) is 1. The van der Waals surface area contributed by atoms with E-state index in [4.69, 9.17) is 4.74 Å². The van der Waals surface area contributed by atoms with Crippen molar-refractivity contribution in [1.29, 1.82) is 0 Å². The van der Waals surface area contributed by atoms with E-state index in [2.05, 4.69) is 22.3 Å². The minimum Gasteiger partial charge on any atom is -0.449 e. The van der Waals surface area contributed by atoms with E-state index in [0.717, 1.165) is 12.1 Å². The quantitative estimate of drug-likeness (QED) is 0.595. The van der Waals surface area contributed by atoms with Gasteiger partial charge in [-0.1, -0.05) is 37.3 Å². The highest BCUT2D eigenvalue weighted by Crippen LogP contribution is 2.18. The van der Waals surface area contributed by atoms with Gasteiger partial charge in [0, 0.05) is 12.5 Å². The van der Waals surface area contributed by atoms with Crippen LogP contribution in [0.1, 0.15) is 42.1 Å². The SMILES string of the molecule is CC[C@H](CNC(=O)[C@H](C)OC(=O)c1ccc(-n2cncn2)cc1)c1ccccc1. The molecule has 1 amide bonds. The molecule has 2 atom stereocenters. The van der Waals surface area contributed by atoms with Crippen LogP contribution in [0.3, 0.4) is 0 Å². The van der Waals surface area contributed by atoms with Crippen LogP contribution in [0.5, 0.6) is 0 Å². The molecule has 29 heavy (non-hydrogen) atoms. The van der Waals surface area contributed by atoms with Gasteiger partial charge < -0.3 is 10.1 Å². The zero-order valence-corrected chi connectivity index (χ0v) is 16.5. The Bertz CT molecular complexity index is 924. The lowest BCUT2D eigenvalue weighted by Gasteiger charge is -2.18. The molecule has 1 aromatic heterocycles. The Morgan fingerprint density at radius 1 is 1.10 bits per heavy atom. The molecule has 7 nitrogen and oxygen atoms in total. The Morgan fingerprint density at radius 3 is 2.45 bits per heavy atom. The summed E-state index contributed by atoms with van der Waals surface area (Å²) in [6, 6.07) is 16.8. The van der Waals surface area contributed by atoms with Gasteiger partial charge in [0.05, 0.1) is 11.3 Å². The van der Waals surface area contributed by atoms with Crippen LogP contribution < -0.4 is 5.32 Å². The van der Waals surface area contributed by atoms with Crippen molar-refractivity contribution in [2.24, 2.45) is 0 Å². The van der Waals surface area contributed by atoms with Crippen molar-refractivity contribution in [3.05, 3.63) is 78.4 Å². The fraction of sp³-hybridized carbons (Fsp3) is 0.273. The van der Waals surface area contributed by atoms with Gasteiger partial charge in [-0.05, 0) is 43.2 Å². The molecule has 0 aliphatic carbocycles.